The van der Waals surface area contributed by atoms with Crippen molar-refractivity contribution in [1.29, 1.82) is 0 Å². The summed E-state index contributed by atoms with van der Waals surface area (Å²) in [7, 11) is 0. The van der Waals surface area contributed by atoms with Crippen LogP contribution in [0.25, 0.3) is 0 Å². The van der Waals surface area contributed by atoms with Gasteiger partial charge in [0, 0.05) is 39.4 Å². The van der Waals surface area contributed by atoms with Crippen LogP contribution >= 0.6 is 0 Å². The van der Waals surface area contributed by atoms with Gasteiger partial charge in [-0.3, -0.25) is 14.4 Å². The maximum Gasteiger partial charge on any atom is 0.224 e. The van der Waals surface area contributed by atoms with Crippen LogP contribution in [0.15, 0.2) is 12.1 Å². The first-order valence-corrected chi connectivity index (χ1v) is 8.29. The van der Waals surface area contributed by atoms with Gasteiger partial charge < -0.3 is 21.3 Å². The van der Waals surface area contributed by atoms with Gasteiger partial charge in [-0.25, -0.2) is 4.39 Å². The third kappa shape index (κ3) is 5.82. The highest BCUT2D eigenvalue weighted by atomic mass is 19.1. The molecule has 0 aromatic heterocycles. The molecule has 0 atom stereocenters. The highest BCUT2D eigenvalue weighted by molar-refractivity contribution is 5.93. The molecule has 0 saturated carbocycles. The fourth-order valence-electron chi connectivity index (χ4n) is 2.60. The number of halogens is 1. The first kappa shape index (κ1) is 18.9. The Hall–Kier alpha value is -2.48. The third-order valence-electron chi connectivity index (χ3n) is 3.88. The number of benzene rings is 1. The highest BCUT2D eigenvalue weighted by Gasteiger charge is 2.17. The molecule has 0 spiro atoms. The molecule has 4 N–H and O–H groups in total. The van der Waals surface area contributed by atoms with Gasteiger partial charge in [-0.2, -0.15) is 0 Å². The predicted octanol–water partition coefficient (Wildman–Crippen LogP) is 0.442. The van der Waals surface area contributed by atoms with Crippen molar-refractivity contribution in [3.05, 3.63) is 29.1 Å². The second-order valence-electron chi connectivity index (χ2n) is 5.87. The Morgan fingerprint density at radius 2 is 1.84 bits per heavy atom. The number of fused-ring (bicyclic) bond motifs is 1. The topological polar surface area (TPSA) is 99.3 Å². The average Bonchev–Trinajstić information content (AvgIpc) is 2.59. The Bertz CT molecular complexity index is 664. The van der Waals surface area contributed by atoms with E-state index < -0.39 is 11.7 Å². The lowest BCUT2D eigenvalue weighted by Gasteiger charge is -2.19. The van der Waals surface area contributed by atoms with E-state index in [-0.39, 0.29) is 30.3 Å². The van der Waals surface area contributed by atoms with E-state index in [1.807, 2.05) is 0 Å². The molecule has 1 aliphatic heterocycles. The lowest BCUT2D eigenvalue weighted by Crippen LogP contribution is -2.34. The minimum Gasteiger partial charge on any atom is -0.355 e. The van der Waals surface area contributed by atoms with Crippen LogP contribution in [0.4, 0.5) is 10.1 Å². The number of hydrogen-bond acceptors (Lipinski definition) is 4. The van der Waals surface area contributed by atoms with E-state index in [1.54, 1.807) is 12.1 Å². The molecule has 0 saturated heterocycles. The molecule has 0 aliphatic carbocycles. The standard InChI is InChI=1S/C17H23FN4O3/c1-11(23)20-8-9-21-15(24)4-5-16(25)22-14-3-2-12-10-19-7-6-13(12)17(14)18/h2-3,19H,4-10H2,1H3,(H,20,23)(H,21,24)(H,22,25). The number of carbonyl (C=O) groups is 3. The van der Waals surface area contributed by atoms with Crippen molar-refractivity contribution in [1.82, 2.24) is 16.0 Å². The summed E-state index contributed by atoms with van der Waals surface area (Å²) in [4.78, 5) is 34.2. The SMILES string of the molecule is CC(=O)NCCNC(=O)CCC(=O)Nc1ccc2c(c1F)CCNC2. The summed E-state index contributed by atoms with van der Waals surface area (Å²) in [6.07, 6.45) is 0.550. The molecule has 0 unspecified atom stereocenters. The minimum absolute atomic E-state index is 0.00237. The summed E-state index contributed by atoms with van der Waals surface area (Å²) >= 11 is 0. The highest BCUT2D eigenvalue weighted by Crippen LogP contribution is 2.24. The summed E-state index contributed by atoms with van der Waals surface area (Å²) in [6, 6.07) is 3.35. The normalized spacial score (nSPS) is 12.9. The van der Waals surface area contributed by atoms with E-state index in [0.29, 0.717) is 38.2 Å². The van der Waals surface area contributed by atoms with Gasteiger partial charge in [-0.05, 0) is 30.2 Å². The van der Waals surface area contributed by atoms with E-state index in [1.165, 1.54) is 6.92 Å². The molecule has 2 rings (SSSR count). The summed E-state index contributed by atoms with van der Waals surface area (Å²) in [5, 5.41) is 10.8. The molecule has 0 bridgehead atoms. The molecule has 1 aliphatic rings. The quantitative estimate of drug-likeness (QED) is 0.536. The van der Waals surface area contributed by atoms with Crippen molar-refractivity contribution in [2.45, 2.75) is 32.7 Å². The molecule has 1 aromatic carbocycles. The Kier molecular flexibility index (Phi) is 6.88. The van der Waals surface area contributed by atoms with Crippen LogP contribution in [0.3, 0.4) is 0 Å². The number of carbonyl (C=O) groups excluding carboxylic acids is 3. The van der Waals surface area contributed by atoms with Crippen LogP contribution in [0.2, 0.25) is 0 Å². The second kappa shape index (κ2) is 9.12. The van der Waals surface area contributed by atoms with Gasteiger partial charge >= 0.3 is 0 Å². The van der Waals surface area contributed by atoms with Gasteiger partial charge in [-0.1, -0.05) is 6.07 Å². The van der Waals surface area contributed by atoms with Crippen molar-refractivity contribution in [3.8, 4) is 0 Å². The van der Waals surface area contributed by atoms with Crippen LogP contribution in [-0.4, -0.2) is 37.4 Å². The van der Waals surface area contributed by atoms with Crippen LogP contribution in [0, 0.1) is 5.82 Å². The average molecular weight is 350 g/mol. The van der Waals surface area contributed by atoms with Crippen molar-refractivity contribution in [2.24, 2.45) is 0 Å². The van der Waals surface area contributed by atoms with Gasteiger partial charge in [0.25, 0.3) is 0 Å². The van der Waals surface area contributed by atoms with Gasteiger partial charge in [0.1, 0.15) is 5.82 Å². The summed E-state index contributed by atoms with van der Waals surface area (Å²) in [5.41, 5.74) is 1.68. The van der Waals surface area contributed by atoms with E-state index in [2.05, 4.69) is 21.3 Å². The van der Waals surface area contributed by atoms with Crippen molar-refractivity contribution >= 4 is 23.4 Å². The summed E-state index contributed by atoms with van der Waals surface area (Å²) in [6.45, 7) is 3.36. The largest absolute Gasteiger partial charge is 0.355 e. The van der Waals surface area contributed by atoms with E-state index in [4.69, 9.17) is 0 Å². The molecular weight excluding hydrogens is 327 g/mol. The second-order valence-corrected chi connectivity index (χ2v) is 5.87. The molecule has 7 nitrogen and oxygen atoms in total. The number of rotatable bonds is 7. The zero-order valence-electron chi connectivity index (χ0n) is 14.2. The third-order valence-corrected chi connectivity index (χ3v) is 3.88. The Morgan fingerprint density at radius 3 is 2.60 bits per heavy atom. The molecule has 1 aromatic rings. The van der Waals surface area contributed by atoms with Crippen LogP contribution in [-0.2, 0) is 27.3 Å². The number of anilines is 1. The van der Waals surface area contributed by atoms with Crippen LogP contribution < -0.4 is 21.3 Å². The maximum absolute atomic E-state index is 14.4. The van der Waals surface area contributed by atoms with Gasteiger partial charge in [-0.15, -0.1) is 0 Å². The maximum atomic E-state index is 14.4. The minimum atomic E-state index is -0.412. The van der Waals surface area contributed by atoms with Crippen molar-refractivity contribution in [2.75, 3.05) is 25.0 Å². The Morgan fingerprint density at radius 1 is 1.12 bits per heavy atom. The first-order chi connectivity index (χ1) is 12.0. The lowest BCUT2D eigenvalue weighted by molar-refractivity contribution is -0.124. The van der Waals surface area contributed by atoms with E-state index >= 15 is 0 Å². The van der Waals surface area contributed by atoms with Crippen LogP contribution in [0.1, 0.15) is 30.9 Å². The van der Waals surface area contributed by atoms with Gasteiger partial charge in [0.2, 0.25) is 17.7 Å². The molecule has 1 heterocycles. The summed E-state index contributed by atoms with van der Waals surface area (Å²) in [5.74, 6) is -1.27. The van der Waals surface area contributed by atoms with E-state index in [0.717, 1.165) is 5.56 Å². The van der Waals surface area contributed by atoms with Crippen molar-refractivity contribution in [3.63, 3.8) is 0 Å². The van der Waals surface area contributed by atoms with Crippen molar-refractivity contribution < 1.29 is 18.8 Å². The number of amides is 3. The van der Waals surface area contributed by atoms with Crippen LogP contribution in [0.5, 0.6) is 0 Å². The zero-order valence-corrected chi connectivity index (χ0v) is 14.2. The Labute approximate surface area is 145 Å². The summed E-state index contributed by atoms with van der Waals surface area (Å²) < 4.78 is 14.4. The van der Waals surface area contributed by atoms with Gasteiger partial charge in [0.05, 0.1) is 5.69 Å². The molecular formula is C17H23FN4O3. The fourth-order valence-corrected chi connectivity index (χ4v) is 2.60. The molecule has 25 heavy (non-hydrogen) atoms. The molecule has 8 heteroatoms. The van der Waals surface area contributed by atoms with E-state index in [9.17, 15) is 18.8 Å². The lowest BCUT2D eigenvalue weighted by atomic mass is 9.99. The fraction of sp³-hybridized carbons (Fsp3) is 0.471. The monoisotopic (exact) mass is 350 g/mol. The molecule has 136 valence electrons. The first-order valence-electron chi connectivity index (χ1n) is 8.29. The molecule has 3 amide bonds. The Balaban J connectivity index is 1.77. The predicted molar refractivity (Wildman–Crippen MR) is 91.4 cm³/mol. The molecule has 0 radical (unpaired) electrons. The van der Waals surface area contributed by atoms with Gasteiger partial charge in [0.15, 0.2) is 0 Å². The zero-order chi connectivity index (χ0) is 18.2. The molecule has 0 fully saturated rings. The number of nitrogens with one attached hydrogen (secondary N) is 4. The smallest absolute Gasteiger partial charge is 0.224 e. The number of hydrogen-bond donors (Lipinski definition) is 4.